The van der Waals surface area contributed by atoms with E-state index in [0.29, 0.717) is 12.3 Å². The number of alkyl halides is 3. The molecule has 1 aromatic rings. The third-order valence-electron chi connectivity index (χ3n) is 3.99. The summed E-state index contributed by atoms with van der Waals surface area (Å²) in [7, 11) is 0. The van der Waals surface area contributed by atoms with Gasteiger partial charge in [0.25, 0.3) is 5.91 Å². The average molecular weight is 328 g/mol. The van der Waals surface area contributed by atoms with Crippen LogP contribution in [0.5, 0.6) is 0 Å². The Labute approximate surface area is 132 Å². The number of hydrazine groups is 1. The van der Waals surface area contributed by atoms with E-state index >= 15 is 0 Å². The summed E-state index contributed by atoms with van der Waals surface area (Å²) < 4.78 is 37.3. The zero-order valence-corrected chi connectivity index (χ0v) is 12.6. The fraction of sp³-hybridized carbons (Fsp3) is 0.500. The van der Waals surface area contributed by atoms with E-state index in [4.69, 9.17) is 0 Å². The van der Waals surface area contributed by atoms with Crippen molar-refractivity contribution in [1.29, 1.82) is 0 Å². The monoisotopic (exact) mass is 328 g/mol. The zero-order chi connectivity index (χ0) is 16.9. The first-order valence-electron chi connectivity index (χ1n) is 7.62. The highest BCUT2D eigenvalue weighted by Gasteiger charge is 2.30. The Balaban J connectivity index is 1.81. The molecule has 1 aliphatic carbocycles. The maximum absolute atomic E-state index is 12.4. The lowest BCUT2D eigenvalue weighted by atomic mass is 9.87. The van der Waals surface area contributed by atoms with Crippen LogP contribution in [0.1, 0.15) is 54.4 Å². The van der Waals surface area contributed by atoms with E-state index in [9.17, 15) is 22.8 Å². The molecule has 4 nitrogen and oxygen atoms in total. The Hall–Kier alpha value is -2.05. The Morgan fingerprint density at radius 1 is 1.00 bits per heavy atom. The lowest BCUT2D eigenvalue weighted by Crippen LogP contribution is -2.42. The molecular formula is C16H19F3N2O2. The van der Waals surface area contributed by atoms with Crippen molar-refractivity contribution in [3.8, 4) is 0 Å². The standard InChI is InChI=1S/C16H19F3N2O2/c17-16(18,19)13-8-6-12(7-9-13)15(23)21-20-14(22)10-11-4-2-1-3-5-11/h6-9,11H,1-5,10H2,(H,20,22)(H,21,23). The van der Waals surface area contributed by atoms with Crippen molar-refractivity contribution in [1.82, 2.24) is 10.9 Å². The van der Waals surface area contributed by atoms with Crippen LogP contribution in [-0.4, -0.2) is 11.8 Å². The summed E-state index contributed by atoms with van der Waals surface area (Å²) in [5.74, 6) is -0.584. The van der Waals surface area contributed by atoms with Crippen molar-refractivity contribution >= 4 is 11.8 Å². The minimum Gasteiger partial charge on any atom is -0.273 e. The molecule has 1 saturated carbocycles. The molecule has 23 heavy (non-hydrogen) atoms. The molecule has 1 aliphatic rings. The van der Waals surface area contributed by atoms with Gasteiger partial charge in [-0.05, 0) is 43.0 Å². The van der Waals surface area contributed by atoms with Crippen molar-refractivity contribution in [2.75, 3.05) is 0 Å². The molecule has 0 aliphatic heterocycles. The van der Waals surface area contributed by atoms with Crippen LogP contribution in [-0.2, 0) is 11.0 Å². The molecule has 0 radical (unpaired) electrons. The minimum atomic E-state index is -4.44. The molecule has 0 bridgehead atoms. The Kier molecular flexibility index (Phi) is 5.63. The van der Waals surface area contributed by atoms with Gasteiger partial charge in [-0.1, -0.05) is 19.3 Å². The van der Waals surface area contributed by atoms with Crippen molar-refractivity contribution in [3.05, 3.63) is 35.4 Å². The fourth-order valence-electron chi connectivity index (χ4n) is 2.71. The minimum absolute atomic E-state index is 0.0518. The second-order valence-electron chi connectivity index (χ2n) is 5.79. The van der Waals surface area contributed by atoms with Crippen LogP contribution >= 0.6 is 0 Å². The number of nitrogens with one attached hydrogen (secondary N) is 2. The topological polar surface area (TPSA) is 58.2 Å². The number of carbonyl (C=O) groups excluding carboxylic acids is 2. The van der Waals surface area contributed by atoms with Crippen LogP contribution < -0.4 is 10.9 Å². The van der Waals surface area contributed by atoms with E-state index in [1.165, 1.54) is 6.42 Å². The fourth-order valence-corrected chi connectivity index (χ4v) is 2.71. The van der Waals surface area contributed by atoms with Gasteiger partial charge in [0.05, 0.1) is 5.56 Å². The zero-order valence-electron chi connectivity index (χ0n) is 12.6. The van der Waals surface area contributed by atoms with Crippen LogP contribution in [0.2, 0.25) is 0 Å². The van der Waals surface area contributed by atoms with Gasteiger partial charge < -0.3 is 0 Å². The van der Waals surface area contributed by atoms with Crippen molar-refractivity contribution < 1.29 is 22.8 Å². The highest BCUT2D eigenvalue weighted by molar-refractivity contribution is 5.95. The first-order valence-corrected chi connectivity index (χ1v) is 7.62. The van der Waals surface area contributed by atoms with Gasteiger partial charge in [-0.15, -0.1) is 0 Å². The number of hydrogen-bond acceptors (Lipinski definition) is 2. The molecule has 2 amide bonds. The maximum Gasteiger partial charge on any atom is 0.416 e. The van der Waals surface area contributed by atoms with Gasteiger partial charge in [-0.3, -0.25) is 20.4 Å². The molecule has 7 heteroatoms. The Morgan fingerprint density at radius 3 is 2.17 bits per heavy atom. The van der Waals surface area contributed by atoms with Crippen molar-refractivity contribution in [3.63, 3.8) is 0 Å². The van der Waals surface area contributed by atoms with Gasteiger partial charge in [-0.2, -0.15) is 13.2 Å². The molecule has 2 rings (SSSR count). The molecule has 0 heterocycles. The summed E-state index contributed by atoms with van der Waals surface area (Å²) in [5.41, 5.74) is 3.77. The molecule has 2 N–H and O–H groups in total. The third-order valence-corrected chi connectivity index (χ3v) is 3.99. The maximum atomic E-state index is 12.4. The van der Waals surface area contributed by atoms with E-state index < -0.39 is 17.6 Å². The van der Waals surface area contributed by atoms with Crippen LogP contribution in [0.4, 0.5) is 13.2 Å². The smallest absolute Gasteiger partial charge is 0.273 e. The SMILES string of the molecule is O=C(CC1CCCCC1)NNC(=O)c1ccc(C(F)(F)F)cc1. The highest BCUT2D eigenvalue weighted by atomic mass is 19.4. The number of halogens is 3. The molecule has 126 valence electrons. The van der Waals surface area contributed by atoms with Gasteiger partial charge >= 0.3 is 6.18 Å². The second kappa shape index (κ2) is 7.48. The number of amides is 2. The lowest BCUT2D eigenvalue weighted by Gasteiger charge is -2.20. The Bertz CT molecular complexity index is 549. The molecule has 0 spiro atoms. The summed E-state index contributed by atoms with van der Waals surface area (Å²) in [6.07, 6.45) is 1.38. The van der Waals surface area contributed by atoms with Crippen LogP contribution in [0.25, 0.3) is 0 Å². The van der Waals surface area contributed by atoms with Gasteiger partial charge in [0, 0.05) is 12.0 Å². The second-order valence-corrected chi connectivity index (χ2v) is 5.79. The first-order chi connectivity index (χ1) is 10.9. The summed E-state index contributed by atoms with van der Waals surface area (Å²) in [5, 5.41) is 0. The summed E-state index contributed by atoms with van der Waals surface area (Å²) in [6.45, 7) is 0. The van der Waals surface area contributed by atoms with Gasteiger partial charge in [0.15, 0.2) is 0 Å². The average Bonchev–Trinajstić information content (AvgIpc) is 2.53. The molecule has 0 unspecified atom stereocenters. The molecular weight excluding hydrogens is 309 g/mol. The van der Waals surface area contributed by atoms with Crippen molar-refractivity contribution in [2.45, 2.75) is 44.7 Å². The van der Waals surface area contributed by atoms with E-state index in [0.717, 1.165) is 49.9 Å². The summed E-state index contributed by atoms with van der Waals surface area (Å²) in [6, 6.07) is 3.81. The molecule has 0 aromatic heterocycles. The van der Waals surface area contributed by atoms with E-state index in [1.54, 1.807) is 0 Å². The normalized spacial score (nSPS) is 16.0. The number of rotatable bonds is 3. The van der Waals surface area contributed by atoms with E-state index in [2.05, 4.69) is 10.9 Å². The largest absolute Gasteiger partial charge is 0.416 e. The molecule has 1 fully saturated rings. The predicted octanol–water partition coefficient (Wildman–Crippen LogP) is 3.44. The Morgan fingerprint density at radius 2 is 1.61 bits per heavy atom. The van der Waals surface area contributed by atoms with Gasteiger partial charge in [-0.25, -0.2) is 0 Å². The van der Waals surface area contributed by atoms with Gasteiger partial charge in [0.1, 0.15) is 0 Å². The molecule has 0 saturated heterocycles. The van der Waals surface area contributed by atoms with Crippen LogP contribution in [0.15, 0.2) is 24.3 Å². The van der Waals surface area contributed by atoms with Crippen molar-refractivity contribution in [2.24, 2.45) is 5.92 Å². The van der Waals surface area contributed by atoms with Crippen LogP contribution in [0.3, 0.4) is 0 Å². The lowest BCUT2D eigenvalue weighted by molar-refractivity contribution is -0.137. The molecule has 1 aromatic carbocycles. The van der Waals surface area contributed by atoms with Gasteiger partial charge in [0.2, 0.25) is 5.91 Å². The predicted molar refractivity (Wildman–Crippen MR) is 78.2 cm³/mol. The number of hydrogen-bond donors (Lipinski definition) is 2. The summed E-state index contributed by atoms with van der Waals surface area (Å²) >= 11 is 0. The van der Waals surface area contributed by atoms with E-state index in [1.807, 2.05) is 0 Å². The van der Waals surface area contributed by atoms with Crippen LogP contribution in [0, 0.1) is 5.92 Å². The first kappa shape index (κ1) is 17.3. The number of carbonyl (C=O) groups is 2. The highest BCUT2D eigenvalue weighted by Crippen LogP contribution is 2.29. The van der Waals surface area contributed by atoms with E-state index in [-0.39, 0.29) is 11.5 Å². The summed E-state index contributed by atoms with van der Waals surface area (Å²) in [4.78, 5) is 23.6. The third kappa shape index (κ3) is 5.26. The molecule has 0 atom stereocenters. The number of benzene rings is 1. The quantitative estimate of drug-likeness (QED) is 0.835.